The molecular weight excluding hydrogens is 231 g/mol. The highest BCUT2D eigenvalue weighted by atomic mass is 32.2. The molecule has 3 nitrogen and oxygen atoms in total. The first kappa shape index (κ1) is 12.8. The van der Waals surface area contributed by atoms with Crippen molar-refractivity contribution in [1.29, 1.82) is 0 Å². The molecule has 0 aromatic heterocycles. The van der Waals surface area contributed by atoms with E-state index in [1.165, 1.54) is 26.0 Å². The summed E-state index contributed by atoms with van der Waals surface area (Å²) in [4.78, 5) is 10.8. The zero-order chi connectivity index (χ0) is 12.3. The lowest BCUT2D eigenvalue weighted by atomic mass is 10.2. The fraction of sp³-hybridized carbons (Fsp3) is 0.364. The molecule has 1 rings (SSSR count). The van der Waals surface area contributed by atoms with E-state index in [9.17, 15) is 17.6 Å². The molecule has 0 amide bonds. The van der Waals surface area contributed by atoms with Crippen LogP contribution in [0.2, 0.25) is 0 Å². The largest absolute Gasteiger partial charge is 0.300 e. The maximum absolute atomic E-state index is 12.8. The SMILES string of the molecule is CC(=O)CCS(=O)(=O)c1ccc(F)cc1C. The number of hydrogen-bond acceptors (Lipinski definition) is 3. The van der Waals surface area contributed by atoms with Gasteiger partial charge in [0.15, 0.2) is 9.84 Å². The highest BCUT2D eigenvalue weighted by Gasteiger charge is 2.17. The van der Waals surface area contributed by atoms with Gasteiger partial charge in [0.05, 0.1) is 10.6 Å². The molecule has 16 heavy (non-hydrogen) atoms. The van der Waals surface area contributed by atoms with E-state index >= 15 is 0 Å². The number of aryl methyl sites for hydroxylation is 1. The van der Waals surface area contributed by atoms with Crippen LogP contribution in [0.1, 0.15) is 18.9 Å². The first-order valence-corrected chi connectivity index (χ1v) is 6.46. The summed E-state index contributed by atoms with van der Waals surface area (Å²) in [5.41, 5.74) is 0.364. The molecule has 0 N–H and O–H groups in total. The quantitative estimate of drug-likeness (QED) is 0.760. The van der Waals surface area contributed by atoms with Gasteiger partial charge in [0, 0.05) is 6.42 Å². The predicted octanol–water partition coefficient (Wildman–Crippen LogP) is 1.89. The van der Waals surface area contributed by atoms with Gasteiger partial charge in [0.25, 0.3) is 0 Å². The molecule has 0 aliphatic rings. The molecule has 1 aromatic carbocycles. The van der Waals surface area contributed by atoms with Crippen LogP contribution >= 0.6 is 0 Å². The lowest BCUT2D eigenvalue weighted by Gasteiger charge is -2.06. The molecule has 1 aromatic rings. The van der Waals surface area contributed by atoms with Crippen LogP contribution in [0.25, 0.3) is 0 Å². The third kappa shape index (κ3) is 3.13. The van der Waals surface area contributed by atoms with Gasteiger partial charge in [-0.3, -0.25) is 4.79 Å². The maximum atomic E-state index is 12.8. The summed E-state index contributed by atoms with van der Waals surface area (Å²) in [6, 6.07) is 3.51. The smallest absolute Gasteiger partial charge is 0.179 e. The molecule has 0 bridgehead atoms. The summed E-state index contributed by atoms with van der Waals surface area (Å²) in [5.74, 6) is -0.874. The topological polar surface area (TPSA) is 51.2 Å². The van der Waals surface area contributed by atoms with E-state index in [0.717, 1.165) is 6.07 Å². The summed E-state index contributed by atoms with van der Waals surface area (Å²) in [6.07, 6.45) is -0.0147. The molecule has 0 heterocycles. The fourth-order valence-electron chi connectivity index (χ4n) is 1.35. The Morgan fingerprint density at radius 1 is 1.38 bits per heavy atom. The van der Waals surface area contributed by atoms with E-state index in [-0.39, 0.29) is 22.9 Å². The van der Waals surface area contributed by atoms with Gasteiger partial charge in [-0.1, -0.05) is 0 Å². The fourth-order valence-corrected chi connectivity index (χ4v) is 2.95. The van der Waals surface area contributed by atoms with Gasteiger partial charge in [-0.15, -0.1) is 0 Å². The normalized spacial score (nSPS) is 11.4. The predicted molar refractivity (Wildman–Crippen MR) is 58.5 cm³/mol. The molecule has 0 saturated heterocycles. The summed E-state index contributed by atoms with van der Waals surface area (Å²) >= 11 is 0. The van der Waals surface area contributed by atoms with Gasteiger partial charge in [0.1, 0.15) is 11.6 Å². The number of hydrogen-bond donors (Lipinski definition) is 0. The van der Waals surface area contributed by atoms with Crippen molar-refractivity contribution in [2.75, 3.05) is 5.75 Å². The molecule has 0 aliphatic heterocycles. The number of carbonyl (C=O) groups is 1. The molecule has 0 aliphatic carbocycles. The Morgan fingerprint density at radius 3 is 2.50 bits per heavy atom. The summed E-state index contributed by atoms with van der Waals surface area (Å²) in [5, 5.41) is 0. The Bertz CT molecular complexity index is 506. The van der Waals surface area contributed by atoms with Gasteiger partial charge in [-0.2, -0.15) is 0 Å². The van der Waals surface area contributed by atoms with Crippen LogP contribution in [0.4, 0.5) is 4.39 Å². The Kier molecular flexibility index (Phi) is 3.80. The van der Waals surface area contributed by atoms with Crippen LogP contribution in [0.5, 0.6) is 0 Å². The average Bonchev–Trinajstić information content (AvgIpc) is 2.14. The van der Waals surface area contributed by atoms with Gasteiger partial charge < -0.3 is 0 Å². The highest BCUT2D eigenvalue weighted by Crippen LogP contribution is 2.18. The molecule has 0 unspecified atom stereocenters. The van der Waals surface area contributed by atoms with Crippen molar-refractivity contribution in [3.05, 3.63) is 29.6 Å². The first-order valence-electron chi connectivity index (χ1n) is 4.81. The molecule has 0 spiro atoms. The number of rotatable bonds is 4. The standard InChI is InChI=1S/C11H13FO3S/c1-8-7-10(12)3-4-11(8)16(14,15)6-5-9(2)13/h3-4,7H,5-6H2,1-2H3. The Hall–Kier alpha value is -1.23. The first-order chi connectivity index (χ1) is 7.33. The maximum Gasteiger partial charge on any atom is 0.179 e. The Balaban J connectivity index is 3.03. The molecule has 0 fully saturated rings. The number of halogens is 1. The second-order valence-corrected chi connectivity index (χ2v) is 5.76. The van der Waals surface area contributed by atoms with Crippen molar-refractivity contribution in [2.45, 2.75) is 25.2 Å². The van der Waals surface area contributed by atoms with Crippen molar-refractivity contribution < 1.29 is 17.6 Å². The van der Waals surface area contributed by atoms with Crippen molar-refractivity contribution in [3.63, 3.8) is 0 Å². The minimum atomic E-state index is -3.49. The number of ketones is 1. The highest BCUT2D eigenvalue weighted by molar-refractivity contribution is 7.91. The van der Waals surface area contributed by atoms with Crippen LogP contribution in [-0.2, 0) is 14.6 Å². The number of benzene rings is 1. The lowest BCUT2D eigenvalue weighted by molar-refractivity contribution is -0.116. The summed E-state index contributed by atoms with van der Waals surface area (Å²) < 4.78 is 36.4. The van der Waals surface area contributed by atoms with Gasteiger partial charge in [-0.05, 0) is 37.6 Å². The van der Waals surface area contributed by atoms with Crippen molar-refractivity contribution in [2.24, 2.45) is 0 Å². The zero-order valence-corrected chi connectivity index (χ0v) is 9.97. The van der Waals surface area contributed by atoms with E-state index in [2.05, 4.69) is 0 Å². The third-order valence-corrected chi connectivity index (χ3v) is 4.06. The summed E-state index contributed by atoms with van der Waals surface area (Å²) in [6.45, 7) is 2.87. The van der Waals surface area contributed by atoms with E-state index in [0.29, 0.717) is 5.56 Å². The molecule has 0 radical (unpaired) electrons. The van der Waals surface area contributed by atoms with E-state index < -0.39 is 15.7 Å². The van der Waals surface area contributed by atoms with Crippen LogP contribution in [-0.4, -0.2) is 20.0 Å². The van der Waals surface area contributed by atoms with E-state index in [4.69, 9.17) is 0 Å². The van der Waals surface area contributed by atoms with Crippen LogP contribution < -0.4 is 0 Å². The minimum Gasteiger partial charge on any atom is -0.300 e. The second kappa shape index (κ2) is 4.74. The van der Waals surface area contributed by atoms with Crippen molar-refractivity contribution in [3.8, 4) is 0 Å². The van der Waals surface area contributed by atoms with Gasteiger partial charge in [-0.25, -0.2) is 12.8 Å². The van der Waals surface area contributed by atoms with Crippen LogP contribution in [0.15, 0.2) is 23.1 Å². The number of Topliss-reactive ketones (excluding diaryl/α,β-unsaturated/α-hetero) is 1. The van der Waals surface area contributed by atoms with E-state index in [1.54, 1.807) is 0 Å². The second-order valence-electron chi connectivity index (χ2n) is 3.68. The van der Waals surface area contributed by atoms with Crippen molar-refractivity contribution >= 4 is 15.6 Å². The zero-order valence-electron chi connectivity index (χ0n) is 9.16. The third-order valence-electron chi connectivity index (χ3n) is 2.19. The molecule has 0 saturated carbocycles. The molecule has 88 valence electrons. The van der Waals surface area contributed by atoms with Crippen LogP contribution in [0.3, 0.4) is 0 Å². The number of carbonyl (C=O) groups excluding carboxylic acids is 1. The van der Waals surface area contributed by atoms with E-state index in [1.807, 2.05) is 0 Å². The average molecular weight is 244 g/mol. The molecule has 0 atom stereocenters. The minimum absolute atomic E-state index is 0.0147. The van der Waals surface area contributed by atoms with Gasteiger partial charge in [0.2, 0.25) is 0 Å². The molecule has 5 heteroatoms. The number of sulfone groups is 1. The summed E-state index contributed by atoms with van der Waals surface area (Å²) in [7, 11) is -3.49. The Labute approximate surface area is 94.2 Å². The Morgan fingerprint density at radius 2 is 2.00 bits per heavy atom. The molecular formula is C11H13FO3S. The van der Waals surface area contributed by atoms with Gasteiger partial charge >= 0.3 is 0 Å². The monoisotopic (exact) mass is 244 g/mol. The van der Waals surface area contributed by atoms with Crippen molar-refractivity contribution in [1.82, 2.24) is 0 Å². The lowest BCUT2D eigenvalue weighted by Crippen LogP contribution is -2.11. The van der Waals surface area contributed by atoms with Crippen LogP contribution in [0, 0.1) is 12.7 Å².